The van der Waals surface area contributed by atoms with E-state index in [9.17, 15) is 29.8 Å². The summed E-state index contributed by atoms with van der Waals surface area (Å²) in [4.78, 5) is 53.9. The van der Waals surface area contributed by atoms with Gasteiger partial charge >= 0.3 is 11.9 Å². The number of nitro benzene ring substituents is 2. The van der Waals surface area contributed by atoms with E-state index in [1.165, 1.54) is 36.4 Å². The highest BCUT2D eigenvalue weighted by molar-refractivity contribution is 6.33. The number of benzene rings is 3. The third-order valence-electron chi connectivity index (χ3n) is 5.56. The molecule has 0 atom stereocenters. The molecule has 0 radical (unpaired) electrons. The smallest absolute Gasteiger partial charge is 0.363 e. The van der Waals surface area contributed by atoms with Crippen LogP contribution in [-0.2, 0) is 19.1 Å². The molecular formula is C26H12Cl2N4O8. The van der Waals surface area contributed by atoms with Crippen molar-refractivity contribution in [3.05, 3.63) is 125 Å². The molecule has 0 spiro atoms. The fraction of sp³-hybridized carbons (Fsp3) is 0. The second kappa shape index (κ2) is 10.5. The number of aliphatic imine (C=N–C) groups is 2. The van der Waals surface area contributed by atoms with Crippen LogP contribution in [0.4, 0.5) is 11.4 Å². The third-order valence-corrected chi connectivity index (χ3v) is 6.20. The molecule has 0 fully saturated rings. The van der Waals surface area contributed by atoms with Gasteiger partial charge in [-0.15, -0.1) is 0 Å². The van der Waals surface area contributed by atoms with Gasteiger partial charge in [0.05, 0.1) is 9.85 Å². The lowest BCUT2D eigenvalue weighted by molar-refractivity contribution is -0.384. The quantitative estimate of drug-likeness (QED) is 0.160. The first-order valence-electron chi connectivity index (χ1n) is 11.1. The molecule has 2 heterocycles. The first-order valence-corrected chi connectivity index (χ1v) is 11.9. The Morgan fingerprint density at radius 3 is 1.38 bits per heavy atom. The van der Waals surface area contributed by atoms with E-state index in [0.29, 0.717) is 11.1 Å². The summed E-state index contributed by atoms with van der Waals surface area (Å²) in [6, 6.07) is 14.5. The predicted molar refractivity (Wildman–Crippen MR) is 144 cm³/mol. The van der Waals surface area contributed by atoms with E-state index in [4.69, 9.17) is 32.7 Å². The van der Waals surface area contributed by atoms with Crippen LogP contribution in [0.3, 0.4) is 0 Å². The second-order valence-corrected chi connectivity index (χ2v) is 9.00. The molecule has 3 aromatic rings. The number of nitro groups is 2. The van der Waals surface area contributed by atoms with Gasteiger partial charge in [0.1, 0.15) is 10.0 Å². The minimum atomic E-state index is -0.739. The zero-order valence-electron chi connectivity index (χ0n) is 19.7. The molecule has 0 bridgehead atoms. The van der Waals surface area contributed by atoms with Crippen LogP contribution in [-0.4, -0.2) is 33.6 Å². The third kappa shape index (κ3) is 5.34. The van der Waals surface area contributed by atoms with Crippen LogP contribution in [0.25, 0.3) is 12.2 Å². The van der Waals surface area contributed by atoms with Gasteiger partial charge in [-0.05, 0) is 47.5 Å². The number of esters is 2. The maximum atomic E-state index is 12.3. The van der Waals surface area contributed by atoms with Crippen LogP contribution in [0.15, 0.2) is 82.0 Å². The summed E-state index contributed by atoms with van der Waals surface area (Å²) in [5, 5.41) is 22.1. The van der Waals surface area contributed by atoms with Crippen LogP contribution in [0.1, 0.15) is 22.3 Å². The summed E-state index contributed by atoms with van der Waals surface area (Å²) in [5.74, 6) is -1.68. The van der Waals surface area contributed by atoms with Crippen molar-refractivity contribution in [1.82, 2.24) is 0 Å². The van der Waals surface area contributed by atoms with E-state index < -0.39 is 21.8 Å². The first kappa shape index (κ1) is 26.4. The minimum Gasteiger partial charge on any atom is -0.402 e. The van der Waals surface area contributed by atoms with Crippen molar-refractivity contribution >= 4 is 70.5 Å². The molecule has 198 valence electrons. The Bertz CT molecular complexity index is 1630. The molecule has 0 aliphatic carbocycles. The lowest BCUT2D eigenvalue weighted by atomic mass is 10.1. The molecule has 0 saturated heterocycles. The number of hydrogen-bond acceptors (Lipinski definition) is 10. The highest BCUT2D eigenvalue weighted by Crippen LogP contribution is 2.29. The molecular weight excluding hydrogens is 567 g/mol. The van der Waals surface area contributed by atoms with Gasteiger partial charge in [0.25, 0.3) is 11.4 Å². The summed E-state index contributed by atoms with van der Waals surface area (Å²) in [7, 11) is 0. The average Bonchev–Trinajstić information content (AvgIpc) is 3.47. The highest BCUT2D eigenvalue weighted by atomic mass is 35.5. The van der Waals surface area contributed by atoms with Crippen LogP contribution >= 0.6 is 23.2 Å². The van der Waals surface area contributed by atoms with Gasteiger partial charge in [-0.2, -0.15) is 0 Å². The molecule has 0 unspecified atom stereocenters. The highest BCUT2D eigenvalue weighted by Gasteiger charge is 2.27. The molecule has 0 N–H and O–H groups in total. The van der Waals surface area contributed by atoms with Crippen molar-refractivity contribution in [2.24, 2.45) is 9.98 Å². The average molecular weight is 579 g/mol. The van der Waals surface area contributed by atoms with E-state index >= 15 is 0 Å². The first-order chi connectivity index (χ1) is 19.1. The molecule has 2 aliphatic heterocycles. The Morgan fingerprint density at radius 2 is 1.02 bits per heavy atom. The maximum Gasteiger partial charge on any atom is 0.363 e. The van der Waals surface area contributed by atoms with Gasteiger partial charge in [-0.25, -0.2) is 19.6 Å². The molecule has 5 rings (SSSR count). The molecule has 0 amide bonds. The fourth-order valence-electron chi connectivity index (χ4n) is 3.64. The van der Waals surface area contributed by atoms with E-state index in [-0.39, 0.29) is 55.7 Å². The lowest BCUT2D eigenvalue weighted by Crippen LogP contribution is -2.06. The van der Waals surface area contributed by atoms with E-state index in [2.05, 4.69) is 9.98 Å². The Kier molecular flexibility index (Phi) is 6.94. The number of carbonyl (C=O) groups is 2. The Labute approximate surface area is 233 Å². The van der Waals surface area contributed by atoms with Gasteiger partial charge in [0.2, 0.25) is 11.8 Å². The summed E-state index contributed by atoms with van der Waals surface area (Å²) in [5.41, 5.74) is 0.835. The SMILES string of the molecule is O=C1OC(c2ccc(Cl)c([N+](=O)[O-])c2)=N/C1=C\c1ccc(/C=C2\N=C(c3ccc(Cl)c([N+](=O)[O-])c3)OC2=O)cc1. The number of rotatable bonds is 6. The number of ether oxygens (including phenoxy) is 2. The Balaban J connectivity index is 1.36. The van der Waals surface area contributed by atoms with E-state index in [1.54, 1.807) is 24.3 Å². The summed E-state index contributed by atoms with van der Waals surface area (Å²) >= 11 is 11.7. The van der Waals surface area contributed by atoms with Gasteiger partial charge in [-0.1, -0.05) is 47.5 Å². The standard InChI is InChI=1S/C26H12Cl2N4O8/c27-17-7-5-15(11-21(17)31(35)36)23-29-19(25(33)39-23)9-13-1-2-14(4-3-13)10-20-26(34)40-24(30-20)16-6-8-18(28)22(12-16)32(37)38/h1-12H/b19-9-,20-10-. The number of hydrogen-bond donors (Lipinski definition) is 0. The minimum absolute atomic E-state index is 0.0237. The molecule has 0 aromatic heterocycles. The van der Waals surface area contributed by atoms with Crippen molar-refractivity contribution in [2.75, 3.05) is 0 Å². The van der Waals surface area contributed by atoms with Gasteiger partial charge in [0.15, 0.2) is 11.4 Å². The fourth-order valence-corrected chi connectivity index (χ4v) is 4.01. The van der Waals surface area contributed by atoms with Gasteiger partial charge in [-0.3, -0.25) is 20.2 Å². The molecule has 2 aliphatic rings. The Morgan fingerprint density at radius 1 is 0.650 bits per heavy atom. The van der Waals surface area contributed by atoms with Crippen molar-refractivity contribution in [3.63, 3.8) is 0 Å². The zero-order valence-corrected chi connectivity index (χ0v) is 21.3. The predicted octanol–water partition coefficient (Wildman–Crippen LogP) is 5.50. The largest absolute Gasteiger partial charge is 0.402 e. The summed E-state index contributed by atoms with van der Waals surface area (Å²) < 4.78 is 10.3. The van der Waals surface area contributed by atoms with Gasteiger partial charge in [0, 0.05) is 23.3 Å². The Hall–Kier alpha value is -5.20. The maximum absolute atomic E-state index is 12.3. The molecule has 3 aromatic carbocycles. The number of carbonyl (C=O) groups excluding carboxylic acids is 2. The van der Waals surface area contributed by atoms with E-state index in [0.717, 1.165) is 12.1 Å². The van der Waals surface area contributed by atoms with Crippen molar-refractivity contribution in [2.45, 2.75) is 0 Å². The lowest BCUT2D eigenvalue weighted by Gasteiger charge is -2.00. The van der Waals surface area contributed by atoms with E-state index in [1.807, 2.05) is 0 Å². The molecule has 14 heteroatoms. The topological polar surface area (TPSA) is 164 Å². The van der Waals surface area contributed by atoms with Crippen molar-refractivity contribution < 1.29 is 28.9 Å². The number of halogens is 2. The molecule has 0 saturated carbocycles. The monoisotopic (exact) mass is 578 g/mol. The van der Waals surface area contributed by atoms with Crippen LogP contribution in [0.2, 0.25) is 10.0 Å². The van der Waals surface area contributed by atoms with Crippen molar-refractivity contribution in [1.29, 1.82) is 0 Å². The zero-order chi connectivity index (χ0) is 28.6. The normalized spacial score (nSPS) is 16.6. The number of cyclic esters (lactones) is 2. The van der Waals surface area contributed by atoms with Crippen LogP contribution in [0.5, 0.6) is 0 Å². The molecule has 40 heavy (non-hydrogen) atoms. The number of nitrogens with zero attached hydrogens (tertiary/aromatic N) is 4. The van der Waals surface area contributed by atoms with Crippen molar-refractivity contribution in [3.8, 4) is 0 Å². The van der Waals surface area contributed by atoms with Crippen LogP contribution < -0.4 is 0 Å². The molecule has 12 nitrogen and oxygen atoms in total. The summed E-state index contributed by atoms with van der Waals surface area (Å²) in [6.07, 6.45) is 2.92. The van der Waals surface area contributed by atoms with Gasteiger partial charge < -0.3 is 9.47 Å². The van der Waals surface area contributed by atoms with Crippen LogP contribution in [0, 0.1) is 20.2 Å². The summed E-state index contributed by atoms with van der Waals surface area (Å²) in [6.45, 7) is 0. The second-order valence-electron chi connectivity index (χ2n) is 8.19.